The summed E-state index contributed by atoms with van der Waals surface area (Å²) in [6.45, 7) is 0. The molecule has 0 bridgehead atoms. The highest BCUT2D eigenvalue weighted by molar-refractivity contribution is 7.91. The van der Waals surface area contributed by atoms with Crippen molar-refractivity contribution in [2.45, 2.75) is 37.6 Å². The van der Waals surface area contributed by atoms with E-state index < -0.39 is 21.4 Å². The molecule has 0 atom stereocenters. The summed E-state index contributed by atoms with van der Waals surface area (Å²) < 4.78 is 58.9. The molecule has 0 spiro atoms. The molecular formula is C8H11F3NO3S-. The molecule has 4 nitrogen and oxygen atoms in total. The van der Waals surface area contributed by atoms with Gasteiger partial charge in [-0.2, -0.15) is 26.0 Å². The summed E-state index contributed by atoms with van der Waals surface area (Å²) >= 11 is 0. The van der Waals surface area contributed by atoms with Crippen molar-refractivity contribution in [3.05, 3.63) is 0 Å². The molecule has 1 aliphatic carbocycles. The molecule has 1 aliphatic rings. The lowest BCUT2D eigenvalue weighted by molar-refractivity contribution is -0.219. The largest absolute Gasteiger partial charge is 0.861 e. The van der Waals surface area contributed by atoms with Gasteiger partial charge in [-0.05, 0) is 18.2 Å². The van der Waals surface area contributed by atoms with Crippen molar-refractivity contribution < 1.29 is 26.7 Å². The van der Waals surface area contributed by atoms with E-state index >= 15 is 0 Å². The van der Waals surface area contributed by atoms with Gasteiger partial charge >= 0.3 is 15.5 Å². The molecule has 0 aromatic rings. The number of alkyl halides is 3. The van der Waals surface area contributed by atoms with Crippen molar-refractivity contribution >= 4 is 15.9 Å². The van der Waals surface area contributed by atoms with E-state index in [2.05, 4.69) is 4.40 Å². The molecule has 0 N–H and O–H groups in total. The molecule has 16 heavy (non-hydrogen) atoms. The van der Waals surface area contributed by atoms with Crippen molar-refractivity contribution in [1.82, 2.24) is 0 Å². The Morgan fingerprint density at radius 2 is 1.81 bits per heavy atom. The van der Waals surface area contributed by atoms with Crippen molar-refractivity contribution in [1.29, 1.82) is 0 Å². The average molecular weight is 258 g/mol. The van der Waals surface area contributed by atoms with Crippen LogP contribution < -0.4 is 5.11 Å². The van der Waals surface area contributed by atoms with Gasteiger partial charge in [-0.3, -0.25) is 0 Å². The third-order valence-corrected chi connectivity index (χ3v) is 3.48. The molecule has 1 fully saturated rings. The average Bonchev–Trinajstić information content (AvgIpc) is 2.52. The van der Waals surface area contributed by atoms with Crippen LogP contribution in [0, 0.1) is 5.92 Å². The van der Waals surface area contributed by atoms with E-state index in [-0.39, 0.29) is 12.3 Å². The first-order chi connectivity index (χ1) is 7.22. The van der Waals surface area contributed by atoms with Crippen LogP contribution in [0.5, 0.6) is 0 Å². The van der Waals surface area contributed by atoms with Crippen LogP contribution in [-0.4, -0.2) is 19.8 Å². The highest BCUT2D eigenvalue weighted by Gasteiger charge is 2.45. The summed E-state index contributed by atoms with van der Waals surface area (Å²) in [5.74, 6) is -1.23. The quantitative estimate of drug-likeness (QED) is 0.563. The smallest absolute Gasteiger partial charge is 0.518 e. The van der Waals surface area contributed by atoms with Crippen LogP contribution >= 0.6 is 0 Å². The fraction of sp³-hybridized carbons (Fsp3) is 0.875. The molecule has 0 unspecified atom stereocenters. The second-order valence-corrected chi connectivity index (χ2v) is 5.36. The SMILES string of the molecule is O=S(=O)(/N=C(\[O-])CC1CCCC1)C(F)(F)F. The van der Waals surface area contributed by atoms with Crippen molar-refractivity contribution in [3.63, 3.8) is 0 Å². The molecule has 1 rings (SSSR count). The molecule has 1 saturated carbocycles. The van der Waals surface area contributed by atoms with E-state index in [9.17, 15) is 26.7 Å². The molecule has 8 heteroatoms. The Labute approximate surface area is 91.2 Å². The third kappa shape index (κ3) is 3.36. The topological polar surface area (TPSA) is 69.6 Å². The summed E-state index contributed by atoms with van der Waals surface area (Å²) in [6, 6.07) is 0. The highest BCUT2D eigenvalue weighted by Crippen LogP contribution is 2.28. The predicted octanol–water partition coefficient (Wildman–Crippen LogP) is 1.18. The Balaban J connectivity index is 2.69. The second-order valence-electron chi connectivity index (χ2n) is 3.76. The number of sulfonamides is 1. The Morgan fingerprint density at radius 3 is 2.25 bits per heavy atom. The Kier molecular flexibility index (Phi) is 3.82. The zero-order chi connectivity index (χ0) is 12.4. The second kappa shape index (κ2) is 4.60. The number of hydrogen-bond donors (Lipinski definition) is 0. The first kappa shape index (κ1) is 13.3. The maximum atomic E-state index is 11.9. The van der Waals surface area contributed by atoms with Crippen LogP contribution in [-0.2, 0) is 10.0 Å². The fourth-order valence-corrected chi connectivity index (χ4v) is 2.13. The zero-order valence-corrected chi connectivity index (χ0v) is 9.14. The molecule has 0 amide bonds. The first-order valence-corrected chi connectivity index (χ1v) is 6.23. The van der Waals surface area contributed by atoms with Gasteiger partial charge in [0.2, 0.25) is 0 Å². The van der Waals surface area contributed by atoms with Gasteiger partial charge in [0.1, 0.15) is 0 Å². The monoisotopic (exact) mass is 258 g/mol. The van der Waals surface area contributed by atoms with Crippen LogP contribution in [0.1, 0.15) is 32.1 Å². The van der Waals surface area contributed by atoms with E-state index in [1.165, 1.54) is 0 Å². The van der Waals surface area contributed by atoms with E-state index in [4.69, 9.17) is 0 Å². The minimum Gasteiger partial charge on any atom is -0.861 e. The standard InChI is InChI=1S/C8H12F3NO3S/c9-8(10,11)16(14,15)12-7(13)5-6-3-1-2-4-6/h6H,1-5H2,(H,12,13)/p-1. The third-order valence-electron chi connectivity index (χ3n) is 2.45. The minimum absolute atomic E-state index is 0.0281. The number of rotatable bonds is 3. The molecule has 0 aliphatic heterocycles. The maximum Gasteiger partial charge on any atom is 0.518 e. The Hall–Kier alpha value is -0.790. The van der Waals surface area contributed by atoms with Crippen LogP contribution in [0.25, 0.3) is 0 Å². The van der Waals surface area contributed by atoms with Gasteiger partial charge < -0.3 is 5.11 Å². The lowest BCUT2D eigenvalue weighted by Gasteiger charge is -2.15. The summed E-state index contributed by atoms with van der Waals surface area (Å²) in [4.78, 5) is 0. The van der Waals surface area contributed by atoms with Gasteiger partial charge in [-0.25, -0.2) is 0 Å². The van der Waals surface area contributed by atoms with Crippen LogP contribution in [0.2, 0.25) is 0 Å². The zero-order valence-electron chi connectivity index (χ0n) is 8.33. The van der Waals surface area contributed by atoms with Gasteiger partial charge in [0, 0.05) is 0 Å². The lowest BCUT2D eigenvalue weighted by Crippen LogP contribution is -2.27. The first-order valence-electron chi connectivity index (χ1n) is 4.79. The van der Waals surface area contributed by atoms with Crippen molar-refractivity contribution in [2.24, 2.45) is 10.3 Å². The van der Waals surface area contributed by atoms with Gasteiger partial charge in [0.25, 0.3) is 0 Å². The molecule has 0 saturated heterocycles. The van der Waals surface area contributed by atoms with Gasteiger partial charge in [0.15, 0.2) is 0 Å². The predicted molar refractivity (Wildman–Crippen MR) is 49.0 cm³/mol. The summed E-state index contributed by atoms with van der Waals surface area (Å²) in [5, 5.41) is 11.0. The summed E-state index contributed by atoms with van der Waals surface area (Å²) in [5.41, 5.74) is -5.49. The highest BCUT2D eigenvalue weighted by atomic mass is 32.2. The number of hydrogen-bond acceptors (Lipinski definition) is 3. The Bertz CT molecular complexity index is 368. The van der Waals surface area contributed by atoms with E-state index in [1.807, 2.05) is 0 Å². The van der Waals surface area contributed by atoms with Crippen LogP contribution in [0.3, 0.4) is 0 Å². The van der Waals surface area contributed by atoms with Gasteiger partial charge in [0.05, 0.1) is 0 Å². The molecule has 0 aromatic carbocycles. The number of halogens is 3. The van der Waals surface area contributed by atoms with Crippen molar-refractivity contribution in [2.75, 3.05) is 0 Å². The molecular weight excluding hydrogens is 247 g/mol. The molecule has 94 valence electrons. The van der Waals surface area contributed by atoms with Crippen LogP contribution in [0.4, 0.5) is 13.2 Å². The number of nitrogens with zero attached hydrogens (tertiary/aromatic N) is 1. The minimum atomic E-state index is -5.66. The molecule has 0 heterocycles. The Morgan fingerprint density at radius 1 is 1.31 bits per heavy atom. The van der Waals surface area contributed by atoms with E-state index in [0.717, 1.165) is 25.7 Å². The van der Waals surface area contributed by atoms with Gasteiger partial charge in [-0.15, -0.1) is 0 Å². The summed E-state index contributed by atoms with van der Waals surface area (Å²) in [7, 11) is -5.66. The molecule has 0 aromatic heterocycles. The lowest BCUT2D eigenvalue weighted by atomic mass is 10.0. The fourth-order valence-electron chi connectivity index (χ4n) is 1.68. The summed E-state index contributed by atoms with van der Waals surface area (Å²) in [6.07, 6.45) is 3.11. The van der Waals surface area contributed by atoms with Crippen molar-refractivity contribution in [3.8, 4) is 0 Å². The maximum absolute atomic E-state index is 11.9. The normalized spacial score (nSPS) is 20.3. The van der Waals surface area contributed by atoms with Gasteiger partial charge in [-0.1, -0.05) is 25.7 Å². The van der Waals surface area contributed by atoms with Crippen LogP contribution in [0.15, 0.2) is 4.40 Å². The molecule has 0 radical (unpaired) electrons. The van der Waals surface area contributed by atoms with E-state index in [0.29, 0.717) is 0 Å². The van der Waals surface area contributed by atoms with E-state index in [1.54, 1.807) is 0 Å².